The smallest absolute Gasteiger partial charge is 0.389 e. The topological polar surface area (TPSA) is 436 Å². The highest BCUT2D eigenvalue weighted by atomic mass is 32.2. The molecule has 6 heterocycles. The Hall–Kier alpha value is -9.48. The standard InChI is InChI=1S/C18H17FN4O2S.C15H16F3N5O4S.C15H18N6O6S.C5H12NO4P/c1-4-5-22-13-7-12(11(19)6-14(13)25-9-16(22)24)20-17-23-10-18(2,3)8-15(23)21-26-17;1-9-19-12(22-14(20-9)27-2)21-13(24)23-28(25,26)11-6-4-3-5-10(11)7-8-15(16,17)18;1-21(2)13(22)9-6-5-7-16-12(9)28(24,25)20-15(23)19-14-17-10(26-3)8-11(18-14)27-4;1-11(9,10)3-2-4(6)5(7)8/h1,6-7H,5,8-10H2,2-3H3;3-6H,7-8H2,1-2H3,(H2,19,20,21,22,23,24);5-8H,1-4H3,(H2,17,18,19,20,23);4H,2-3,6H2,1H3,(H,7,8)(H,9,10)/b20-17-;;;. The lowest BCUT2D eigenvalue weighted by Gasteiger charge is -2.28. The lowest BCUT2D eigenvalue weighted by Crippen LogP contribution is -2.39. The lowest BCUT2D eigenvalue weighted by atomic mass is 9.92. The first-order chi connectivity index (χ1) is 43.4. The van der Waals surface area contributed by atoms with Crippen LogP contribution >= 0.6 is 18.9 Å². The summed E-state index contributed by atoms with van der Waals surface area (Å²) in [5.74, 6) is 1.07. The van der Waals surface area contributed by atoms with E-state index in [1.54, 1.807) is 9.44 Å². The molecule has 32 nitrogen and oxygen atoms in total. The third-order valence-electron chi connectivity index (χ3n) is 12.1. The fourth-order valence-corrected chi connectivity index (χ4v) is 11.6. The molecule has 0 saturated carbocycles. The van der Waals surface area contributed by atoms with E-state index in [2.05, 4.69) is 69.7 Å². The third-order valence-corrected chi connectivity index (χ3v) is 16.7. The Morgan fingerprint density at radius 1 is 0.946 bits per heavy atom. The number of nitrogens with one attached hydrogen (secondary N) is 4. The van der Waals surface area contributed by atoms with Gasteiger partial charge in [-0.2, -0.15) is 50.9 Å². The fourth-order valence-electron chi connectivity index (χ4n) is 7.88. The van der Waals surface area contributed by atoms with Crippen molar-refractivity contribution in [3.8, 4) is 35.9 Å². The van der Waals surface area contributed by atoms with Gasteiger partial charge >= 0.3 is 30.2 Å². The Labute approximate surface area is 533 Å². The number of aliphatic carboxylic acids is 1. The van der Waals surface area contributed by atoms with E-state index in [0.717, 1.165) is 24.9 Å². The van der Waals surface area contributed by atoms with Crippen molar-refractivity contribution in [2.75, 3.05) is 76.9 Å². The number of alkyl halides is 3. The molecule has 2 aromatic carbocycles. The molecule has 8 N–H and O–H groups in total. The largest absolute Gasteiger partial charge is 0.481 e. The maximum absolute atomic E-state index is 14.5. The summed E-state index contributed by atoms with van der Waals surface area (Å²) in [7, 11) is -5.09. The van der Waals surface area contributed by atoms with Gasteiger partial charge in [0.25, 0.3) is 31.9 Å². The zero-order valence-electron chi connectivity index (χ0n) is 50.9. The molecular weight excluding hydrogens is 1320 g/mol. The second-order valence-corrected chi connectivity index (χ2v) is 27.1. The third kappa shape index (κ3) is 22.1. The van der Waals surface area contributed by atoms with Crippen LogP contribution in [0.3, 0.4) is 0 Å². The van der Waals surface area contributed by atoms with Crippen molar-refractivity contribution in [2.24, 2.45) is 16.1 Å². The fraction of sp³-hybridized carbons (Fsp3) is 0.377. The number of nitrogens with zero attached hydrogens (tertiary/aromatic N) is 11. The molecule has 93 heavy (non-hydrogen) atoms. The molecule has 0 fully saturated rings. The minimum Gasteiger partial charge on any atom is -0.481 e. The van der Waals surface area contributed by atoms with Crippen LogP contribution in [-0.4, -0.2) is 174 Å². The molecule has 0 bridgehead atoms. The summed E-state index contributed by atoms with van der Waals surface area (Å²) in [6.45, 7) is 7.74. The van der Waals surface area contributed by atoms with Crippen molar-refractivity contribution in [1.29, 1.82) is 0 Å². The van der Waals surface area contributed by atoms with Crippen molar-refractivity contribution < 1.29 is 91.9 Å². The van der Waals surface area contributed by atoms with Crippen LogP contribution in [-0.2, 0) is 53.6 Å². The highest BCUT2D eigenvalue weighted by molar-refractivity contribution is 7.90. The molecule has 0 saturated heterocycles. The number of hydrogen-bond acceptors (Lipinski definition) is 24. The quantitative estimate of drug-likeness (QED) is 0.0359. The number of rotatable bonds is 18. The summed E-state index contributed by atoms with van der Waals surface area (Å²) >= 11 is 1.24. The van der Waals surface area contributed by atoms with E-state index >= 15 is 0 Å². The first kappa shape index (κ1) is 74.2. The van der Waals surface area contributed by atoms with Crippen LogP contribution in [0.4, 0.5) is 50.4 Å². The summed E-state index contributed by atoms with van der Waals surface area (Å²) in [5, 5.41) is 12.0. The predicted octanol–water partition coefficient (Wildman–Crippen LogP) is 4.24. The minimum atomic E-state index is -4.46. The maximum atomic E-state index is 14.5. The van der Waals surface area contributed by atoms with Gasteiger partial charge in [-0.15, -0.1) is 6.42 Å². The van der Waals surface area contributed by atoms with Crippen LogP contribution in [0.5, 0.6) is 23.5 Å². The molecule has 4 aromatic heterocycles. The van der Waals surface area contributed by atoms with Gasteiger partial charge in [-0.1, -0.05) is 38.0 Å². The molecule has 2 unspecified atom stereocenters. The van der Waals surface area contributed by atoms with Gasteiger partial charge in [0.05, 0.1) is 50.1 Å². The number of hydrogen-bond donors (Lipinski definition) is 7. The SMILES string of the molecule is C#CCN1C(=O)COc2cc(F)c(/N=c3\snc4n3CC(C)(C)C4)cc21.COc1cc(OC)nc(NC(=O)NS(=O)(=O)c2ncccc2C(=O)N(C)C)n1.COc1nc(C)nc(NC(=O)NS(=O)(=O)c2ccccc2CCC(F)(F)F)n1.CP(=O)(O)CCC(N)C(=O)O. The number of fused-ring (bicyclic) bond motifs is 2. The van der Waals surface area contributed by atoms with Gasteiger partial charge in [-0.3, -0.25) is 34.5 Å². The summed E-state index contributed by atoms with van der Waals surface area (Å²) < 4.78 is 142. The van der Waals surface area contributed by atoms with E-state index in [1.165, 1.54) is 125 Å². The van der Waals surface area contributed by atoms with Crippen LogP contribution in [0.2, 0.25) is 0 Å². The highest BCUT2D eigenvalue weighted by Crippen LogP contribution is 2.38. The van der Waals surface area contributed by atoms with Crippen molar-refractivity contribution in [3.63, 3.8) is 0 Å². The number of nitrogens with two attached hydrogens (primary N) is 1. The number of sulfonamides is 2. The van der Waals surface area contributed by atoms with E-state index in [1.807, 2.05) is 4.57 Å². The van der Waals surface area contributed by atoms with Gasteiger partial charge in [0.15, 0.2) is 24.8 Å². The summed E-state index contributed by atoms with van der Waals surface area (Å²) in [6.07, 6.45) is 1.21. The van der Waals surface area contributed by atoms with Gasteiger partial charge in [0.1, 0.15) is 29.1 Å². The van der Waals surface area contributed by atoms with Gasteiger partial charge in [-0.25, -0.2) is 41.8 Å². The number of aryl methyl sites for hydroxylation is 2. The average Bonchev–Trinajstić information content (AvgIpc) is 1.45. The zero-order valence-corrected chi connectivity index (χ0v) is 54.2. The number of carboxylic acid groups (broad SMARTS) is 1. The van der Waals surface area contributed by atoms with Crippen molar-refractivity contribution in [3.05, 3.63) is 94.2 Å². The highest BCUT2D eigenvalue weighted by Gasteiger charge is 2.33. The number of terminal acetylenes is 1. The number of urea groups is 2. The Bertz CT molecular complexity index is 4130. The predicted molar refractivity (Wildman–Crippen MR) is 325 cm³/mol. The number of carboxylic acids is 1. The lowest BCUT2D eigenvalue weighted by molar-refractivity contribution is -0.138. The Morgan fingerprint density at radius 3 is 2.15 bits per heavy atom. The number of ether oxygens (including phenoxy) is 4. The van der Waals surface area contributed by atoms with Gasteiger partial charge in [-0.05, 0) is 55.0 Å². The number of benzene rings is 2. The Balaban J connectivity index is 0.000000234. The number of aromatic nitrogens is 8. The van der Waals surface area contributed by atoms with Gasteiger partial charge in [0, 0.05) is 70.1 Å². The molecule has 2 aliphatic heterocycles. The van der Waals surface area contributed by atoms with Gasteiger partial charge in [0.2, 0.25) is 28.5 Å². The summed E-state index contributed by atoms with van der Waals surface area (Å²) in [5.41, 5.74) is 5.51. The van der Waals surface area contributed by atoms with Gasteiger partial charge < -0.3 is 44.1 Å². The van der Waals surface area contributed by atoms with Crippen LogP contribution in [0.15, 0.2) is 75.7 Å². The average molecular weight is 1380 g/mol. The molecule has 2 aliphatic rings. The molecule has 0 aliphatic carbocycles. The first-order valence-corrected chi connectivity index (χ1v) is 32.7. The molecule has 502 valence electrons. The normalized spacial score (nSPS) is 14.1. The van der Waals surface area contributed by atoms with E-state index in [9.17, 15) is 62.9 Å². The van der Waals surface area contributed by atoms with Crippen LogP contribution in [0, 0.1) is 30.5 Å². The monoisotopic (exact) mass is 1380 g/mol. The molecule has 6 aromatic rings. The molecule has 0 spiro atoms. The van der Waals surface area contributed by atoms with E-state index in [-0.39, 0.29) is 89.4 Å². The number of pyridine rings is 1. The number of amides is 6. The number of carbonyl (C=O) groups is 5. The Kier molecular flexibility index (Phi) is 25.3. The summed E-state index contributed by atoms with van der Waals surface area (Å²) in [4.78, 5) is 97.3. The molecule has 40 heteroatoms. The van der Waals surface area contributed by atoms with Crippen molar-refractivity contribution in [2.45, 2.75) is 75.1 Å². The molecule has 0 radical (unpaired) electrons. The number of halogens is 4. The second kappa shape index (κ2) is 31.7. The summed E-state index contributed by atoms with van der Waals surface area (Å²) in [6, 6.07) is 8.44. The second-order valence-electron chi connectivity index (χ2n) is 20.5. The number of carbonyl (C=O) groups excluding carboxylic acids is 4. The van der Waals surface area contributed by atoms with Crippen molar-refractivity contribution in [1.82, 2.24) is 53.2 Å². The molecule has 2 atom stereocenters. The first-order valence-electron chi connectivity index (χ1n) is 26.7. The van der Waals surface area contributed by atoms with Crippen molar-refractivity contribution >= 4 is 92.1 Å². The Morgan fingerprint density at radius 2 is 1.57 bits per heavy atom. The van der Waals surface area contributed by atoms with Crippen LogP contribution < -0.4 is 54.5 Å². The number of methoxy groups -OCH3 is 3. The minimum absolute atomic E-state index is 0.0412. The number of anilines is 3. The van der Waals surface area contributed by atoms with E-state index in [0.29, 0.717) is 16.2 Å². The van der Waals surface area contributed by atoms with Crippen LogP contribution in [0.25, 0.3) is 0 Å². The van der Waals surface area contributed by atoms with E-state index in [4.69, 9.17) is 41.1 Å². The molecule has 6 amide bonds. The molecular formula is C53H63F4N16O16PS3. The maximum Gasteiger partial charge on any atom is 0.389 e. The van der Waals surface area contributed by atoms with E-state index < -0.39 is 92.2 Å². The van der Waals surface area contributed by atoms with Crippen LogP contribution in [0.1, 0.15) is 54.3 Å². The zero-order chi connectivity index (χ0) is 69.4. The molecule has 8 rings (SSSR count).